The predicted molar refractivity (Wildman–Crippen MR) is 157 cm³/mol. The van der Waals surface area contributed by atoms with Crippen molar-refractivity contribution in [2.24, 2.45) is 46.3 Å². The van der Waals surface area contributed by atoms with Gasteiger partial charge in [0.25, 0.3) is 0 Å². The summed E-state index contributed by atoms with van der Waals surface area (Å²) < 4.78 is 2.49. The molecule has 0 bridgehead atoms. The molecule has 210 valence electrons. The molecule has 2 aromatic rings. The normalized spacial score (nSPS) is 39.7. The van der Waals surface area contributed by atoms with Crippen molar-refractivity contribution in [1.29, 1.82) is 0 Å². The van der Waals surface area contributed by atoms with Gasteiger partial charge < -0.3 is 14.6 Å². The number of rotatable bonds is 7. The van der Waals surface area contributed by atoms with E-state index in [1.54, 1.807) is 0 Å². The molecule has 1 aromatic carbocycles. The topological polar surface area (TPSA) is 41.3 Å². The molecule has 0 saturated heterocycles. The number of hydrogen-bond acceptors (Lipinski definition) is 3. The minimum atomic E-state index is -0.0359. The van der Waals surface area contributed by atoms with Crippen LogP contribution in [0.3, 0.4) is 0 Å². The van der Waals surface area contributed by atoms with E-state index in [4.69, 9.17) is 4.98 Å². The number of aromatic nitrogens is 2. The highest BCUT2D eigenvalue weighted by Crippen LogP contribution is 2.68. The zero-order valence-corrected chi connectivity index (χ0v) is 24.8. The van der Waals surface area contributed by atoms with E-state index in [0.29, 0.717) is 10.8 Å². The third kappa shape index (κ3) is 4.46. The summed E-state index contributed by atoms with van der Waals surface area (Å²) in [5.41, 5.74) is 3.45. The van der Waals surface area contributed by atoms with Gasteiger partial charge in [0.1, 0.15) is 5.82 Å². The van der Waals surface area contributed by atoms with E-state index < -0.39 is 0 Å². The van der Waals surface area contributed by atoms with Crippen LogP contribution in [0.5, 0.6) is 0 Å². The number of imidazole rings is 1. The zero-order chi connectivity index (χ0) is 26.7. The second kappa shape index (κ2) is 10.2. The van der Waals surface area contributed by atoms with Crippen LogP contribution in [0.1, 0.15) is 90.8 Å². The molecule has 9 atom stereocenters. The predicted octanol–water partition coefficient (Wildman–Crippen LogP) is 7.19. The fraction of sp³-hybridized carbons (Fsp3) is 0.794. The van der Waals surface area contributed by atoms with Crippen molar-refractivity contribution in [2.75, 3.05) is 20.6 Å². The van der Waals surface area contributed by atoms with Crippen molar-refractivity contribution >= 4 is 11.0 Å². The maximum atomic E-state index is 10.4. The van der Waals surface area contributed by atoms with Crippen molar-refractivity contribution < 1.29 is 5.11 Å². The van der Waals surface area contributed by atoms with Crippen molar-refractivity contribution in [2.45, 2.75) is 104 Å². The molecule has 4 saturated carbocycles. The van der Waals surface area contributed by atoms with Gasteiger partial charge in [0.15, 0.2) is 0 Å². The second-order valence-electron chi connectivity index (χ2n) is 14.8. The minimum Gasteiger partial charge on any atom is -0.393 e. The Morgan fingerprint density at radius 3 is 2.58 bits per heavy atom. The van der Waals surface area contributed by atoms with Gasteiger partial charge in [-0.05, 0) is 137 Å². The molecule has 1 heterocycles. The van der Waals surface area contributed by atoms with Crippen molar-refractivity contribution in [3.8, 4) is 0 Å². The molecule has 38 heavy (non-hydrogen) atoms. The second-order valence-corrected chi connectivity index (χ2v) is 14.8. The first kappa shape index (κ1) is 26.8. The molecule has 0 amide bonds. The minimum absolute atomic E-state index is 0.0359. The van der Waals surface area contributed by atoms with Gasteiger partial charge >= 0.3 is 0 Å². The number of aliphatic hydroxyl groups excluding tert-OH is 1. The summed E-state index contributed by atoms with van der Waals surface area (Å²) in [6.07, 6.45) is 14.2. The summed E-state index contributed by atoms with van der Waals surface area (Å²) in [6.45, 7) is 9.96. The first-order valence-electron chi connectivity index (χ1n) is 16.0. The van der Waals surface area contributed by atoms with Gasteiger partial charge in [-0.2, -0.15) is 0 Å². The van der Waals surface area contributed by atoms with Gasteiger partial charge in [-0.25, -0.2) is 4.98 Å². The van der Waals surface area contributed by atoms with Gasteiger partial charge in [0, 0.05) is 19.5 Å². The van der Waals surface area contributed by atoms with Gasteiger partial charge in [-0.15, -0.1) is 0 Å². The SMILES string of the molecule is C[C@H](CCc1nc2ccccc2n1CCN(C)C)[C@H]1CC[C@H]2[C@@H]3CCC4C[C@H](O)CC[C@]4(C)[C@H]3CC[C@]12C. The third-order valence-corrected chi connectivity index (χ3v) is 12.7. The quantitative estimate of drug-likeness (QED) is 0.421. The number of hydrogen-bond donors (Lipinski definition) is 1. The lowest BCUT2D eigenvalue weighted by atomic mass is 9.44. The Morgan fingerprint density at radius 1 is 1.00 bits per heavy atom. The maximum Gasteiger partial charge on any atom is 0.109 e. The molecule has 1 aromatic heterocycles. The largest absolute Gasteiger partial charge is 0.393 e. The molecule has 4 aliphatic rings. The van der Waals surface area contributed by atoms with Crippen LogP contribution in [0.2, 0.25) is 0 Å². The van der Waals surface area contributed by atoms with Crippen LogP contribution >= 0.6 is 0 Å². The fourth-order valence-corrected chi connectivity index (χ4v) is 10.6. The van der Waals surface area contributed by atoms with E-state index in [2.05, 4.69) is 68.6 Å². The van der Waals surface area contributed by atoms with Gasteiger partial charge in [-0.3, -0.25) is 0 Å². The summed E-state index contributed by atoms with van der Waals surface area (Å²) in [6, 6.07) is 8.70. The molecule has 4 aliphatic carbocycles. The maximum absolute atomic E-state index is 10.4. The first-order valence-corrected chi connectivity index (χ1v) is 16.0. The lowest BCUT2D eigenvalue weighted by Gasteiger charge is -2.61. The van der Waals surface area contributed by atoms with Crippen LogP contribution in [0.25, 0.3) is 11.0 Å². The van der Waals surface area contributed by atoms with E-state index in [9.17, 15) is 5.11 Å². The number of aryl methyl sites for hydroxylation is 1. The molecule has 1 unspecified atom stereocenters. The lowest BCUT2D eigenvalue weighted by molar-refractivity contribution is -0.129. The van der Waals surface area contributed by atoms with Crippen LogP contribution in [-0.4, -0.2) is 46.3 Å². The number of benzene rings is 1. The highest BCUT2D eigenvalue weighted by molar-refractivity contribution is 5.75. The summed E-state index contributed by atoms with van der Waals surface area (Å²) in [4.78, 5) is 7.40. The number of para-hydroxylation sites is 2. The monoisotopic (exact) mass is 519 g/mol. The van der Waals surface area contributed by atoms with Gasteiger partial charge in [-0.1, -0.05) is 32.9 Å². The zero-order valence-electron chi connectivity index (χ0n) is 24.8. The Hall–Kier alpha value is -1.39. The molecule has 6 rings (SSSR count). The van der Waals surface area contributed by atoms with E-state index in [-0.39, 0.29) is 6.10 Å². The Balaban J connectivity index is 1.16. The summed E-state index contributed by atoms with van der Waals surface area (Å²) in [5, 5.41) is 10.4. The van der Waals surface area contributed by atoms with E-state index in [0.717, 1.165) is 73.4 Å². The highest BCUT2D eigenvalue weighted by Gasteiger charge is 2.60. The lowest BCUT2D eigenvalue weighted by Crippen LogP contribution is -2.54. The Labute approximate surface area is 231 Å². The third-order valence-electron chi connectivity index (χ3n) is 12.7. The Morgan fingerprint density at radius 2 is 1.76 bits per heavy atom. The van der Waals surface area contributed by atoms with Crippen molar-refractivity contribution in [3.05, 3.63) is 30.1 Å². The molecule has 0 radical (unpaired) electrons. The number of nitrogens with zero attached hydrogens (tertiary/aromatic N) is 3. The molecule has 4 heteroatoms. The van der Waals surface area contributed by atoms with Gasteiger partial charge in [0.05, 0.1) is 17.1 Å². The molecule has 0 spiro atoms. The Bertz CT molecular complexity index is 1120. The first-order chi connectivity index (χ1) is 18.2. The number of likely N-dealkylation sites (N-methyl/N-ethyl adjacent to an activating group) is 1. The molecule has 0 aliphatic heterocycles. The van der Waals surface area contributed by atoms with Crippen LogP contribution < -0.4 is 0 Å². The summed E-state index contributed by atoms with van der Waals surface area (Å²) in [5.74, 6) is 6.40. The smallest absolute Gasteiger partial charge is 0.109 e. The standard InChI is InChI=1S/C34H53N3O/c1-23(10-15-32-35-30-8-6-7-9-31(30)37(32)21-20-36(4)5)27-13-14-28-26-12-11-24-22-25(38)16-18-33(24,2)29(26)17-19-34(27,28)3/h6-9,23-29,38H,10-22H2,1-5H3/t23-,24?,25-,26+,27-,28+,29+,33+,34-/m1/s1. The van der Waals surface area contributed by atoms with E-state index in [1.807, 2.05) is 0 Å². The van der Waals surface area contributed by atoms with Crippen molar-refractivity contribution in [3.63, 3.8) is 0 Å². The summed E-state index contributed by atoms with van der Waals surface area (Å²) >= 11 is 0. The fourth-order valence-electron chi connectivity index (χ4n) is 10.6. The average molecular weight is 520 g/mol. The van der Waals surface area contributed by atoms with Crippen LogP contribution in [0, 0.1) is 46.3 Å². The highest BCUT2D eigenvalue weighted by atomic mass is 16.3. The molecular formula is C34H53N3O. The number of aliphatic hydroxyl groups is 1. The van der Waals surface area contributed by atoms with Crippen LogP contribution in [-0.2, 0) is 13.0 Å². The number of fused-ring (bicyclic) bond motifs is 6. The van der Waals surface area contributed by atoms with E-state index >= 15 is 0 Å². The van der Waals surface area contributed by atoms with Gasteiger partial charge in [0.2, 0.25) is 0 Å². The molecule has 4 fully saturated rings. The molecular weight excluding hydrogens is 466 g/mol. The van der Waals surface area contributed by atoms with E-state index in [1.165, 1.54) is 62.7 Å². The van der Waals surface area contributed by atoms with Crippen molar-refractivity contribution in [1.82, 2.24) is 14.5 Å². The van der Waals surface area contributed by atoms with Crippen LogP contribution in [0.4, 0.5) is 0 Å². The Kier molecular flexibility index (Phi) is 7.21. The summed E-state index contributed by atoms with van der Waals surface area (Å²) in [7, 11) is 4.33. The molecule has 1 N–H and O–H groups in total. The average Bonchev–Trinajstić information content (AvgIpc) is 3.43. The molecule has 4 nitrogen and oxygen atoms in total. The van der Waals surface area contributed by atoms with Crippen LogP contribution in [0.15, 0.2) is 24.3 Å².